The first-order valence-electron chi connectivity index (χ1n) is 25.8. The van der Waals surface area contributed by atoms with Crippen LogP contribution < -0.4 is 37.1 Å². The lowest BCUT2D eigenvalue weighted by atomic mass is 9.77. The van der Waals surface area contributed by atoms with Gasteiger partial charge in [-0.3, -0.25) is 24.0 Å². The number of nitrogens with two attached hydrogens (primary N) is 1. The Morgan fingerprint density at radius 1 is 0.506 bits per heavy atom. The number of carbonyl (C=O) groups excluding carboxylic acids is 5. The van der Waals surface area contributed by atoms with Crippen LogP contribution in [0.5, 0.6) is 5.75 Å². The number of carboxylic acids is 1. The predicted molar refractivity (Wildman–Crippen MR) is 296 cm³/mol. The van der Waals surface area contributed by atoms with Gasteiger partial charge in [0, 0.05) is 6.42 Å². The molecular weight excluding hydrogens is 969 g/mol. The third-order valence-corrected chi connectivity index (χ3v) is 13.9. The highest BCUT2D eigenvalue weighted by atomic mass is 16.5. The van der Waals surface area contributed by atoms with Crippen LogP contribution in [0.3, 0.4) is 0 Å². The van der Waals surface area contributed by atoms with Crippen LogP contribution in [0.15, 0.2) is 206 Å². The SMILES string of the molecule is CC[C@H](C)[C@H](NC(=O)[C@@H](N)Cc1ccc(OC)cc1)C(=O)N[C@@H](CCC(=O)NC(c1ccccc1)(c1ccccc1)c1ccccc1)C(=O)N[C@@H](CC(=O)NC(c1ccccc1)(c1ccccc1)c1ccccc1)C(=O)O. The summed E-state index contributed by atoms with van der Waals surface area (Å²) in [4.78, 5) is 85.5. The van der Waals surface area contributed by atoms with Gasteiger partial charge in [-0.15, -0.1) is 0 Å². The van der Waals surface area contributed by atoms with Crippen molar-refractivity contribution < 1.29 is 38.6 Å². The molecule has 0 unspecified atom stereocenters. The van der Waals surface area contributed by atoms with Crippen molar-refractivity contribution in [3.8, 4) is 5.75 Å². The third kappa shape index (κ3) is 13.7. The zero-order valence-corrected chi connectivity index (χ0v) is 43.4. The number of carbonyl (C=O) groups is 6. The second-order valence-electron chi connectivity index (χ2n) is 19.0. The predicted octanol–water partition coefficient (Wildman–Crippen LogP) is 7.54. The Labute approximate surface area is 449 Å². The fraction of sp³-hybridized carbons (Fsp3) is 0.238. The molecule has 77 heavy (non-hydrogen) atoms. The molecule has 7 aromatic rings. The van der Waals surface area contributed by atoms with E-state index in [1.807, 2.05) is 189 Å². The van der Waals surface area contributed by atoms with Crippen molar-refractivity contribution in [1.29, 1.82) is 0 Å². The van der Waals surface area contributed by atoms with E-state index < -0.39 is 83.1 Å². The summed E-state index contributed by atoms with van der Waals surface area (Å²) in [5.74, 6) is -4.93. The standard InChI is InChI=1S/C63H66N6O8/c1-4-43(2)57(67-58(72)52(64)41-44-35-37-51(77-3)38-36-44)60(74)65-53(39-40-55(70)68-62(45-23-11-5-12-24-45,46-25-13-6-14-26-46)47-27-15-7-16-28-47)59(73)66-54(61(75)76)42-56(71)69-63(48-29-17-8-18-30-48,49-31-19-9-20-32-49)50-33-21-10-22-34-50/h5-38,43,52-54,57H,4,39-42,64H2,1-3H3,(H,65,74)(H,66,73)(H,67,72)(H,68,70)(H,69,71)(H,75,76)/t43-,52-,53-,54-,57-/m0/s1. The molecule has 0 aliphatic heterocycles. The number of methoxy groups -OCH3 is 1. The molecule has 0 saturated carbocycles. The third-order valence-electron chi connectivity index (χ3n) is 13.9. The Hall–Kier alpha value is -8.88. The minimum absolute atomic E-state index is 0.147. The lowest BCUT2D eigenvalue weighted by Crippen LogP contribution is -2.59. The fourth-order valence-electron chi connectivity index (χ4n) is 9.63. The van der Waals surface area contributed by atoms with Gasteiger partial charge in [0.15, 0.2) is 0 Å². The first kappa shape index (κ1) is 55.9. The number of carboxylic acid groups (broad SMARTS) is 1. The maximum atomic E-state index is 14.8. The average Bonchev–Trinajstić information content (AvgIpc) is 3.49. The summed E-state index contributed by atoms with van der Waals surface area (Å²) in [5.41, 5.74) is 9.01. The molecule has 14 heteroatoms. The summed E-state index contributed by atoms with van der Waals surface area (Å²) >= 11 is 0. The smallest absolute Gasteiger partial charge is 0.326 e. The van der Waals surface area contributed by atoms with Gasteiger partial charge in [0.1, 0.15) is 35.0 Å². The molecule has 0 saturated heterocycles. The minimum atomic E-state index is -1.81. The highest BCUT2D eigenvalue weighted by Crippen LogP contribution is 2.38. The number of nitrogens with one attached hydrogen (secondary N) is 5. The van der Waals surface area contributed by atoms with E-state index in [1.165, 1.54) is 0 Å². The number of rotatable bonds is 25. The van der Waals surface area contributed by atoms with Crippen molar-refractivity contribution in [2.75, 3.05) is 7.11 Å². The Balaban J connectivity index is 1.18. The lowest BCUT2D eigenvalue weighted by molar-refractivity contribution is -0.144. The molecule has 0 aliphatic carbocycles. The van der Waals surface area contributed by atoms with Gasteiger partial charge in [0.25, 0.3) is 0 Å². The van der Waals surface area contributed by atoms with E-state index in [2.05, 4.69) is 26.6 Å². The summed E-state index contributed by atoms with van der Waals surface area (Å²) in [6, 6.07) is 57.6. The van der Waals surface area contributed by atoms with Crippen LogP contribution in [-0.2, 0) is 46.3 Å². The van der Waals surface area contributed by atoms with Crippen LogP contribution in [0.25, 0.3) is 0 Å². The van der Waals surface area contributed by atoms with E-state index >= 15 is 0 Å². The highest BCUT2D eigenvalue weighted by Gasteiger charge is 2.41. The molecule has 396 valence electrons. The van der Waals surface area contributed by atoms with Gasteiger partial charge in [-0.25, -0.2) is 4.79 Å². The Morgan fingerprint density at radius 2 is 0.883 bits per heavy atom. The number of amides is 5. The number of benzene rings is 7. The van der Waals surface area contributed by atoms with Crippen LogP contribution in [0, 0.1) is 5.92 Å². The van der Waals surface area contributed by atoms with Crippen molar-refractivity contribution >= 4 is 35.5 Å². The van der Waals surface area contributed by atoms with Crippen LogP contribution in [0.1, 0.15) is 78.5 Å². The molecule has 5 amide bonds. The van der Waals surface area contributed by atoms with E-state index in [-0.39, 0.29) is 19.3 Å². The monoisotopic (exact) mass is 1030 g/mol. The molecule has 0 aliphatic rings. The molecule has 0 fully saturated rings. The van der Waals surface area contributed by atoms with Crippen LogP contribution >= 0.6 is 0 Å². The summed E-state index contributed by atoms with van der Waals surface area (Å²) in [6.45, 7) is 3.60. The molecule has 0 aromatic heterocycles. The summed E-state index contributed by atoms with van der Waals surface area (Å²) < 4.78 is 5.25. The van der Waals surface area contributed by atoms with Crippen molar-refractivity contribution in [2.45, 2.75) is 81.2 Å². The van der Waals surface area contributed by atoms with E-state index in [4.69, 9.17) is 10.5 Å². The molecule has 7 rings (SSSR count). The van der Waals surface area contributed by atoms with E-state index in [9.17, 15) is 33.9 Å². The summed E-state index contributed by atoms with van der Waals surface area (Å²) in [6.07, 6.45) is -0.811. The summed E-state index contributed by atoms with van der Waals surface area (Å²) in [5, 5.41) is 25.2. The number of aliphatic carboxylic acids is 1. The normalized spacial score (nSPS) is 13.3. The number of hydrogen-bond acceptors (Lipinski definition) is 8. The lowest BCUT2D eigenvalue weighted by Gasteiger charge is -2.37. The zero-order valence-electron chi connectivity index (χ0n) is 43.4. The Morgan fingerprint density at radius 3 is 1.25 bits per heavy atom. The quantitative estimate of drug-likeness (QED) is 0.0281. The van der Waals surface area contributed by atoms with Gasteiger partial charge < -0.3 is 42.2 Å². The first-order chi connectivity index (χ1) is 37.3. The molecule has 7 aromatic carbocycles. The minimum Gasteiger partial charge on any atom is -0.497 e. The van der Waals surface area contributed by atoms with Crippen molar-refractivity contribution in [3.63, 3.8) is 0 Å². The van der Waals surface area contributed by atoms with Gasteiger partial charge in [0.05, 0.1) is 19.6 Å². The van der Waals surface area contributed by atoms with Crippen molar-refractivity contribution in [1.82, 2.24) is 26.6 Å². The van der Waals surface area contributed by atoms with Gasteiger partial charge in [-0.1, -0.05) is 214 Å². The van der Waals surface area contributed by atoms with Crippen molar-refractivity contribution in [3.05, 3.63) is 245 Å². The Kier molecular flexibility index (Phi) is 19.3. The first-order valence-corrected chi connectivity index (χ1v) is 25.8. The topological polar surface area (TPSA) is 218 Å². The zero-order chi connectivity index (χ0) is 54.8. The molecule has 0 spiro atoms. The van der Waals surface area contributed by atoms with E-state index in [1.54, 1.807) is 38.3 Å². The highest BCUT2D eigenvalue weighted by molar-refractivity contribution is 5.95. The van der Waals surface area contributed by atoms with Crippen LogP contribution in [0.2, 0.25) is 0 Å². The Bertz CT molecular complexity index is 2850. The average molecular weight is 1040 g/mol. The fourth-order valence-corrected chi connectivity index (χ4v) is 9.63. The number of ether oxygens (including phenoxy) is 1. The van der Waals surface area contributed by atoms with E-state index in [0.717, 1.165) is 22.3 Å². The van der Waals surface area contributed by atoms with Gasteiger partial charge in [0.2, 0.25) is 29.5 Å². The second kappa shape index (κ2) is 26.6. The number of hydrogen-bond donors (Lipinski definition) is 7. The molecular formula is C63H66N6O8. The maximum absolute atomic E-state index is 14.8. The van der Waals surface area contributed by atoms with Crippen LogP contribution in [0.4, 0.5) is 0 Å². The van der Waals surface area contributed by atoms with Gasteiger partial charge >= 0.3 is 5.97 Å². The van der Waals surface area contributed by atoms with E-state index in [0.29, 0.717) is 28.9 Å². The van der Waals surface area contributed by atoms with Crippen LogP contribution in [-0.4, -0.2) is 71.9 Å². The van der Waals surface area contributed by atoms with Crippen molar-refractivity contribution in [2.24, 2.45) is 11.7 Å². The molecule has 0 bridgehead atoms. The summed E-state index contributed by atoms with van der Waals surface area (Å²) in [7, 11) is 1.55. The maximum Gasteiger partial charge on any atom is 0.326 e. The molecule has 5 atom stereocenters. The second-order valence-corrected chi connectivity index (χ2v) is 19.0. The molecule has 8 N–H and O–H groups in total. The molecule has 14 nitrogen and oxygen atoms in total. The largest absolute Gasteiger partial charge is 0.497 e. The molecule has 0 heterocycles. The van der Waals surface area contributed by atoms with Gasteiger partial charge in [-0.05, 0) is 69.8 Å². The molecule has 0 radical (unpaired) electrons. The van der Waals surface area contributed by atoms with Gasteiger partial charge in [-0.2, -0.15) is 0 Å².